The molecule has 2 aliphatic rings. The van der Waals surface area contributed by atoms with Crippen LogP contribution in [0.2, 0.25) is 0 Å². The Labute approximate surface area is 314 Å². The van der Waals surface area contributed by atoms with Gasteiger partial charge in [-0.15, -0.1) is 0 Å². The predicted molar refractivity (Wildman–Crippen MR) is 206 cm³/mol. The lowest BCUT2D eigenvalue weighted by Crippen LogP contribution is -2.43. The number of amides is 1. The number of nitrogens with one attached hydrogen (secondary N) is 2. The predicted octanol–water partition coefficient (Wildman–Crippen LogP) is 6.63. The zero-order valence-electron chi connectivity index (χ0n) is 30.4. The second-order valence-electron chi connectivity index (χ2n) is 14.4. The van der Waals surface area contributed by atoms with Crippen LogP contribution >= 0.6 is 0 Å². The molecule has 3 heterocycles. The molecular weight excluding hydrogens is 684 g/mol. The van der Waals surface area contributed by atoms with Crippen LogP contribution in [0.15, 0.2) is 102 Å². The Bertz CT molecular complexity index is 2080. The van der Waals surface area contributed by atoms with Gasteiger partial charge in [0.25, 0.3) is 0 Å². The van der Waals surface area contributed by atoms with E-state index >= 15 is 0 Å². The van der Waals surface area contributed by atoms with Crippen molar-refractivity contribution < 1.29 is 29.3 Å². The summed E-state index contributed by atoms with van der Waals surface area (Å²) in [5.74, 6) is -0.932. The molecule has 1 aromatic heterocycles. The molecule has 3 atom stereocenters. The summed E-state index contributed by atoms with van der Waals surface area (Å²) in [6.45, 7) is 2.87. The minimum absolute atomic E-state index is 0.0130. The number of benzene rings is 4. The van der Waals surface area contributed by atoms with E-state index in [-0.39, 0.29) is 42.9 Å². The average Bonchev–Trinajstić information content (AvgIpc) is 3.54. The molecular formula is C43H48N4O7. The number of aliphatic carboxylic acids is 1. The molecule has 0 bridgehead atoms. The molecule has 11 nitrogen and oxygen atoms in total. The van der Waals surface area contributed by atoms with Crippen LogP contribution in [0.3, 0.4) is 0 Å². The van der Waals surface area contributed by atoms with Crippen LogP contribution in [-0.2, 0) is 32.2 Å². The Balaban J connectivity index is 1.00. The van der Waals surface area contributed by atoms with E-state index in [1.54, 1.807) is 0 Å². The van der Waals surface area contributed by atoms with E-state index in [1.165, 1.54) is 0 Å². The number of para-hydroxylation sites is 2. The van der Waals surface area contributed by atoms with Crippen LogP contribution in [0.1, 0.15) is 85.6 Å². The number of carbonyl (C=O) groups is 2. The quantitative estimate of drug-likeness (QED) is 0.0931. The molecule has 0 radical (unpaired) electrons. The molecule has 282 valence electrons. The van der Waals surface area contributed by atoms with Crippen molar-refractivity contribution >= 4 is 22.9 Å². The third kappa shape index (κ3) is 9.17. The van der Waals surface area contributed by atoms with Crippen molar-refractivity contribution in [2.45, 2.75) is 82.6 Å². The molecule has 1 amide bonds. The lowest BCUT2D eigenvalue weighted by molar-refractivity contribution is -0.253. The number of H-pyrrole nitrogens is 1. The summed E-state index contributed by atoms with van der Waals surface area (Å²) < 4.78 is 15.2. The molecule has 4 aromatic carbocycles. The number of carboxylic acid groups (broad SMARTS) is 1. The summed E-state index contributed by atoms with van der Waals surface area (Å²) in [4.78, 5) is 41.3. The van der Waals surface area contributed by atoms with Crippen molar-refractivity contribution in [1.82, 2.24) is 19.8 Å². The monoisotopic (exact) mass is 732 g/mol. The number of unbranched alkanes of at least 4 members (excludes halogenated alkanes) is 1. The first-order valence-corrected chi connectivity index (χ1v) is 18.9. The fourth-order valence-electron chi connectivity index (χ4n) is 7.66. The minimum atomic E-state index is -0.844. The second kappa shape index (κ2) is 17.4. The number of hydrogen-bond donors (Lipinski definition) is 4. The van der Waals surface area contributed by atoms with Gasteiger partial charge in [0.1, 0.15) is 0 Å². The number of piperidine rings is 1. The van der Waals surface area contributed by atoms with Crippen LogP contribution in [0, 0.1) is 0 Å². The summed E-state index contributed by atoms with van der Waals surface area (Å²) >= 11 is 0. The number of aromatic amines is 1. The van der Waals surface area contributed by atoms with Crippen LogP contribution in [0.4, 0.5) is 0 Å². The number of ether oxygens (including phenoxy) is 2. The van der Waals surface area contributed by atoms with Crippen molar-refractivity contribution in [3.63, 3.8) is 0 Å². The molecule has 0 aliphatic carbocycles. The van der Waals surface area contributed by atoms with Crippen molar-refractivity contribution in [3.8, 4) is 11.1 Å². The molecule has 54 heavy (non-hydrogen) atoms. The fourth-order valence-corrected chi connectivity index (χ4v) is 7.66. The summed E-state index contributed by atoms with van der Waals surface area (Å²) in [5, 5.41) is 21.3. The highest BCUT2D eigenvalue weighted by molar-refractivity contribution is 5.76. The first-order valence-electron chi connectivity index (χ1n) is 18.9. The van der Waals surface area contributed by atoms with Crippen LogP contribution in [0.5, 0.6) is 0 Å². The van der Waals surface area contributed by atoms with Gasteiger partial charge in [0.05, 0.1) is 29.8 Å². The Morgan fingerprint density at radius 3 is 2.31 bits per heavy atom. The zero-order valence-corrected chi connectivity index (χ0v) is 30.4. The number of hydrogen-bond acceptors (Lipinski definition) is 7. The highest BCUT2D eigenvalue weighted by Crippen LogP contribution is 2.39. The highest BCUT2D eigenvalue weighted by atomic mass is 16.7. The SMILES string of the molecule is O=C(O)CCCCC(=O)NCc1cccc(-c2ccc(C3OC(CN4CCC(n5c(=O)[nH]c6ccccc65)CC4)CC(c4ccc(CO)cc4)O3)cc2)c1. The van der Waals surface area contributed by atoms with Crippen molar-refractivity contribution in [3.05, 3.63) is 130 Å². The van der Waals surface area contributed by atoms with E-state index in [2.05, 4.69) is 33.4 Å². The van der Waals surface area contributed by atoms with Crippen molar-refractivity contribution in [2.24, 2.45) is 0 Å². The Kier molecular flexibility index (Phi) is 12.0. The lowest BCUT2D eigenvalue weighted by Gasteiger charge is -2.40. The number of carboxylic acids is 1. The molecule has 11 heteroatoms. The number of fused-ring (bicyclic) bond motifs is 1. The van der Waals surface area contributed by atoms with Gasteiger partial charge in [-0.05, 0) is 71.7 Å². The maximum atomic E-state index is 12.9. The van der Waals surface area contributed by atoms with Gasteiger partial charge in [0, 0.05) is 57.0 Å². The van der Waals surface area contributed by atoms with E-state index < -0.39 is 12.3 Å². The fraction of sp³-hybridized carbons (Fsp3) is 0.372. The average molecular weight is 733 g/mol. The highest BCUT2D eigenvalue weighted by Gasteiger charge is 2.34. The normalized spacial score (nSPS) is 19.5. The smallest absolute Gasteiger partial charge is 0.326 e. The topological polar surface area (TPSA) is 146 Å². The second-order valence-corrected chi connectivity index (χ2v) is 14.4. The first kappa shape index (κ1) is 37.3. The molecule has 4 N–H and O–H groups in total. The Morgan fingerprint density at radius 2 is 1.56 bits per heavy atom. The molecule has 2 fully saturated rings. The molecule has 2 saturated heterocycles. The van der Waals surface area contributed by atoms with Crippen LogP contribution < -0.4 is 11.0 Å². The number of carbonyl (C=O) groups excluding carboxylic acids is 1. The molecule has 0 spiro atoms. The van der Waals surface area contributed by atoms with Crippen molar-refractivity contribution in [2.75, 3.05) is 19.6 Å². The maximum absolute atomic E-state index is 12.9. The number of aromatic nitrogens is 2. The molecule has 3 unspecified atom stereocenters. The Hall–Kier alpha value is -5.07. The van der Waals surface area contributed by atoms with Gasteiger partial charge in [-0.25, -0.2) is 4.79 Å². The minimum Gasteiger partial charge on any atom is -0.481 e. The summed E-state index contributed by atoms with van der Waals surface area (Å²) in [5.41, 5.74) is 7.63. The molecule has 0 saturated carbocycles. The largest absolute Gasteiger partial charge is 0.481 e. The number of likely N-dealkylation sites (tertiary alicyclic amines) is 1. The van der Waals surface area contributed by atoms with Crippen LogP contribution in [0.25, 0.3) is 22.2 Å². The first-order chi connectivity index (χ1) is 26.3. The maximum Gasteiger partial charge on any atom is 0.326 e. The number of rotatable bonds is 14. The standard InChI is InChI=1S/C43H48N4O7/c48-28-29-12-14-32(15-13-29)39-25-36(27-46-22-20-35(21-23-46)47-38-9-2-1-8-37(38)45-43(47)52)53-42(54-39)33-18-16-31(17-19-33)34-7-5-6-30(24-34)26-44-40(49)10-3-4-11-41(50)51/h1-2,5-9,12-19,24,35-36,39,42,48H,3-4,10-11,20-23,25-28H2,(H,44,49)(H,45,52)(H,50,51). The summed E-state index contributed by atoms with van der Waals surface area (Å²) in [7, 11) is 0. The van der Waals surface area contributed by atoms with E-state index in [0.29, 0.717) is 32.2 Å². The summed E-state index contributed by atoms with van der Waals surface area (Å²) in [6.07, 6.45) is 3.03. The number of aliphatic hydroxyl groups is 1. The summed E-state index contributed by atoms with van der Waals surface area (Å²) in [6, 6.07) is 32.2. The zero-order chi connectivity index (χ0) is 37.4. The third-order valence-corrected chi connectivity index (χ3v) is 10.6. The number of nitrogens with zero attached hydrogens (tertiary/aromatic N) is 2. The van der Waals surface area contributed by atoms with E-state index in [1.807, 2.05) is 83.4 Å². The van der Waals surface area contributed by atoms with Crippen molar-refractivity contribution in [1.29, 1.82) is 0 Å². The van der Waals surface area contributed by atoms with Gasteiger partial charge in [0.15, 0.2) is 6.29 Å². The van der Waals surface area contributed by atoms with E-state index in [4.69, 9.17) is 14.6 Å². The van der Waals surface area contributed by atoms with Gasteiger partial charge in [-0.2, -0.15) is 0 Å². The third-order valence-electron chi connectivity index (χ3n) is 10.6. The number of imidazole rings is 1. The number of aliphatic hydroxyl groups excluding tert-OH is 1. The lowest BCUT2D eigenvalue weighted by atomic mass is 9.98. The molecule has 2 aliphatic heterocycles. The molecule has 7 rings (SSSR count). The van der Waals surface area contributed by atoms with Gasteiger partial charge < -0.3 is 34.9 Å². The molecule has 5 aromatic rings. The van der Waals surface area contributed by atoms with Gasteiger partial charge in [-0.1, -0.05) is 78.9 Å². The van der Waals surface area contributed by atoms with E-state index in [9.17, 15) is 19.5 Å². The Morgan fingerprint density at radius 1 is 0.815 bits per heavy atom. The van der Waals surface area contributed by atoms with Crippen LogP contribution in [-0.4, -0.2) is 62.3 Å². The van der Waals surface area contributed by atoms with Gasteiger partial charge in [0.2, 0.25) is 5.91 Å². The van der Waals surface area contributed by atoms with Gasteiger partial charge >= 0.3 is 11.7 Å². The van der Waals surface area contributed by atoms with Gasteiger partial charge in [-0.3, -0.25) is 14.2 Å². The van der Waals surface area contributed by atoms with E-state index in [0.717, 1.165) is 76.9 Å².